The number of Topliss-reactive ketones (excluding diaryl/α,β-unsaturated/α-hetero) is 1. The van der Waals surface area contributed by atoms with E-state index in [1.54, 1.807) is 0 Å². The minimum absolute atomic E-state index is 0.197. The average Bonchev–Trinajstić information content (AvgIpc) is 2.18. The van der Waals surface area contributed by atoms with Crippen LogP contribution in [0.15, 0.2) is 30.3 Å². The number of hydrogen-bond acceptors (Lipinski definition) is 1. The molecule has 0 fully saturated rings. The number of ketones is 1. The molecule has 1 aromatic carbocycles. The molecule has 4 heteroatoms. The standard InChI is InChI=1S/C11H14O.2ClH.Zn/c1-11(2,3)10(12)9-7-5-4-6-8-9;;;/h4-8H,1-3H3;2*1H;/q;;;+2/p-2. The first-order valence-electron chi connectivity index (χ1n) is 4.65. The van der Waals surface area contributed by atoms with Crippen LogP contribution in [0.4, 0.5) is 0 Å². The van der Waals surface area contributed by atoms with Crippen LogP contribution in [-0.4, -0.2) is 5.78 Å². The Kier molecular flexibility index (Phi) is 7.43. The van der Waals surface area contributed by atoms with E-state index in [4.69, 9.17) is 19.4 Å². The van der Waals surface area contributed by atoms with Crippen molar-refractivity contribution in [1.29, 1.82) is 0 Å². The summed E-state index contributed by atoms with van der Waals surface area (Å²) in [4.78, 5) is 11.7. The first-order chi connectivity index (χ1) is 6.93. The van der Waals surface area contributed by atoms with Crippen molar-refractivity contribution in [3.05, 3.63) is 35.9 Å². The summed E-state index contributed by atoms with van der Waals surface area (Å²) in [7, 11) is 9.90. The molecule has 0 N–H and O–H groups in total. The molecule has 1 rings (SSSR count). The normalized spacial score (nSPS) is 9.67. The Labute approximate surface area is 107 Å². The molecule has 0 saturated carbocycles. The molecule has 0 heterocycles. The molecular weight excluding hydrogens is 284 g/mol. The summed E-state index contributed by atoms with van der Waals surface area (Å²) in [6.07, 6.45) is 0. The van der Waals surface area contributed by atoms with Gasteiger partial charge in [0.2, 0.25) is 0 Å². The molecule has 0 atom stereocenters. The second-order valence-corrected chi connectivity index (χ2v) is 8.67. The van der Waals surface area contributed by atoms with Crippen LogP contribution in [0.2, 0.25) is 0 Å². The quantitative estimate of drug-likeness (QED) is 0.558. The van der Waals surface area contributed by atoms with Crippen LogP contribution >= 0.6 is 19.4 Å². The number of halogens is 2. The van der Waals surface area contributed by atoms with E-state index in [0.717, 1.165) is 5.56 Å². The summed E-state index contributed by atoms with van der Waals surface area (Å²) in [5, 5.41) is 0. The Bertz CT molecular complexity index is 293. The number of carbonyl (C=O) groups is 1. The summed E-state index contributed by atoms with van der Waals surface area (Å²) < 4.78 is 0. The zero-order valence-corrected chi connectivity index (χ0v) is 13.7. The fourth-order valence-electron chi connectivity index (χ4n) is 1.02. The van der Waals surface area contributed by atoms with Crippen LogP contribution in [0.5, 0.6) is 0 Å². The molecule has 80 valence electrons. The third kappa shape index (κ3) is 6.30. The topological polar surface area (TPSA) is 17.1 Å². The molecule has 0 saturated heterocycles. The summed E-state index contributed by atoms with van der Waals surface area (Å²) in [6.45, 7) is 5.80. The summed E-state index contributed by atoms with van der Waals surface area (Å²) >= 11 is -0.931. The fraction of sp³-hybridized carbons (Fsp3) is 0.364. The Morgan fingerprint density at radius 3 is 1.87 bits per heavy atom. The molecule has 15 heavy (non-hydrogen) atoms. The third-order valence-electron chi connectivity index (χ3n) is 1.72. The van der Waals surface area contributed by atoms with Crippen molar-refractivity contribution in [1.82, 2.24) is 0 Å². The van der Waals surface area contributed by atoms with Gasteiger partial charge in [-0.1, -0.05) is 51.1 Å². The molecule has 0 amide bonds. The van der Waals surface area contributed by atoms with Crippen molar-refractivity contribution in [2.75, 3.05) is 0 Å². The van der Waals surface area contributed by atoms with Gasteiger partial charge in [-0.25, -0.2) is 0 Å². The van der Waals surface area contributed by atoms with Gasteiger partial charge in [-0.3, -0.25) is 4.79 Å². The van der Waals surface area contributed by atoms with E-state index in [1.807, 2.05) is 51.1 Å². The van der Waals surface area contributed by atoms with Gasteiger partial charge in [0, 0.05) is 11.0 Å². The van der Waals surface area contributed by atoms with Crippen molar-refractivity contribution < 1.29 is 19.9 Å². The second kappa shape index (κ2) is 7.38. The van der Waals surface area contributed by atoms with Gasteiger partial charge < -0.3 is 0 Å². The number of benzene rings is 1. The van der Waals surface area contributed by atoms with E-state index < -0.39 is 15.1 Å². The van der Waals surface area contributed by atoms with Gasteiger partial charge >= 0.3 is 34.5 Å². The Hall–Kier alpha value is 0.0934. The predicted octanol–water partition coefficient (Wildman–Crippen LogP) is 4.29. The van der Waals surface area contributed by atoms with Gasteiger partial charge in [0.25, 0.3) is 0 Å². The molecule has 0 radical (unpaired) electrons. The van der Waals surface area contributed by atoms with Gasteiger partial charge in [0.1, 0.15) is 0 Å². The number of hydrogen-bond donors (Lipinski definition) is 0. The molecule has 0 spiro atoms. The predicted molar refractivity (Wildman–Crippen MR) is 61.9 cm³/mol. The van der Waals surface area contributed by atoms with Crippen LogP contribution < -0.4 is 0 Å². The minimum atomic E-state index is -0.931. The van der Waals surface area contributed by atoms with Crippen LogP contribution in [0.25, 0.3) is 0 Å². The summed E-state index contributed by atoms with van der Waals surface area (Å²) in [5.74, 6) is 0.197. The van der Waals surface area contributed by atoms with Crippen LogP contribution in [-0.2, 0) is 15.1 Å². The molecule has 1 aromatic rings. The second-order valence-electron chi connectivity index (χ2n) is 4.05. The Morgan fingerprint density at radius 2 is 1.53 bits per heavy atom. The first-order valence-corrected chi connectivity index (χ1v) is 12.4. The van der Waals surface area contributed by atoms with E-state index in [9.17, 15) is 4.79 Å². The van der Waals surface area contributed by atoms with E-state index >= 15 is 0 Å². The Morgan fingerprint density at radius 1 is 1.13 bits per heavy atom. The van der Waals surface area contributed by atoms with Crippen LogP contribution in [0.3, 0.4) is 0 Å². The molecule has 0 unspecified atom stereocenters. The molecular formula is C11H14Cl2OZn. The van der Waals surface area contributed by atoms with E-state index in [2.05, 4.69) is 0 Å². The van der Waals surface area contributed by atoms with Crippen molar-refractivity contribution in [3.8, 4) is 0 Å². The first kappa shape index (κ1) is 15.1. The Balaban J connectivity index is 0.000000583. The van der Waals surface area contributed by atoms with E-state index in [1.165, 1.54) is 0 Å². The van der Waals surface area contributed by atoms with Gasteiger partial charge in [-0.2, -0.15) is 0 Å². The average molecular weight is 299 g/mol. The maximum absolute atomic E-state index is 11.7. The molecule has 0 aliphatic rings. The zero-order chi connectivity index (χ0) is 11.9. The maximum atomic E-state index is 11.7. The van der Waals surface area contributed by atoms with Gasteiger partial charge in [0.05, 0.1) is 0 Å². The van der Waals surface area contributed by atoms with Crippen molar-refractivity contribution in [3.63, 3.8) is 0 Å². The van der Waals surface area contributed by atoms with Crippen LogP contribution in [0.1, 0.15) is 31.1 Å². The molecule has 0 bridgehead atoms. The van der Waals surface area contributed by atoms with Crippen molar-refractivity contribution in [2.45, 2.75) is 20.8 Å². The number of carbonyl (C=O) groups excluding carboxylic acids is 1. The zero-order valence-electron chi connectivity index (χ0n) is 9.26. The summed E-state index contributed by atoms with van der Waals surface area (Å²) in [5.41, 5.74) is 0.520. The molecule has 1 nitrogen and oxygen atoms in total. The third-order valence-corrected chi connectivity index (χ3v) is 1.72. The molecule has 0 aromatic heterocycles. The summed E-state index contributed by atoms with van der Waals surface area (Å²) in [6, 6.07) is 9.40. The number of rotatable bonds is 1. The van der Waals surface area contributed by atoms with Gasteiger partial charge in [-0.15, -0.1) is 0 Å². The van der Waals surface area contributed by atoms with E-state index in [-0.39, 0.29) is 11.2 Å². The monoisotopic (exact) mass is 296 g/mol. The van der Waals surface area contributed by atoms with Gasteiger partial charge in [-0.05, 0) is 0 Å². The molecule has 0 aliphatic carbocycles. The molecule has 0 aliphatic heterocycles. The van der Waals surface area contributed by atoms with Crippen molar-refractivity contribution in [2.24, 2.45) is 5.41 Å². The van der Waals surface area contributed by atoms with Crippen LogP contribution in [0, 0.1) is 5.41 Å². The SMILES string of the molecule is CC(C)(C)C(=O)c1ccccc1.[Cl][Zn][Cl]. The van der Waals surface area contributed by atoms with E-state index in [0.29, 0.717) is 0 Å². The van der Waals surface area contributed by atoms with Crippen molar-refractivity contribution >= 4 is 25.2 Å². The van der Waals surface area contributed by atoms with Gasteiger partial charge in [0.15, 0.2) is 5.78 Å². The fourth-order valence-corrected chi connectivity index (χ4v) is 1.02.